The second-order valence-electron chi connectivity index (χ2n) is 4.98. The average molecular weight is 277 g/mol. The van der Waals surface area contributed by atoms with Crippen molar-refractivity contribution in [2.24, 2.45) is 0 Å². The molecule has 0 saturated carbocycles. The van der Waals surface area contributed by atoms with E-state index < -0.39 is 0 Å². The minimum atomic E-state index is 0.482. The first kappa shape index (κ1) is 12.4. The highest BCUT2D eigenvalue weighted by Gasteiger charge is 2.18. The standard InChI is InChI=1S/C15H19NS2/c1-16-13(8-11-6-7-17-10-11)15-9-12-4-2-3-5-14(12)18-15/h6-7,9-10,13,16H,2-5,8H2,1H3. The summed E-state index contributed by atoms with van der Waals surface area (Å²) in [6.07, 6.45) is 6.45. The van der Waals surface area contributed by atoms with Crippen molar-refractivity contribution in [3.8, 4) is 0 Å². The summed E-state index contributed by atoms with van der Waals surface area (Å²) in [6.45, 7) is 0. The van der Waals surface area contributed by atoms with E-state index in [-0.39, 0.29) is 0 Å². The maximum absolute atomic E-state index is 3.48. The number of likely N-dealkylation sites (N-methyl/N-ethyl adjacent to an activating group) is 1. The molecule has 0 fully saturated rings. The molecule has 0 aromatic carbocycles. The van der Waals surface area contributed by atoms with E-state index in [1.165, 1.54) is 36.1 Å². The first-order valence-electron chi connectivity index (χ1n) is 6.66. The van der Waals surface area contributed by atoms with E-state index in [0.29, 0.717) is 6.04 Å². The first-order valence-corrected chi connectivity index (χ1v) is 8.42. The van der Waals surface area contributed by atoms with Gasteiger partial charge in [-0.3, -0.25) is 0 Å². The molecule has 1 unspecified atom stereocenters. The number of nitrogens with one attached hydrogen (secondary N) is 1. The Kier molecular flexibility index (Phi) is 3.83. The predicted molar refractivity (Wildman–Crippen MR) is 80.8 cm³/mol. The van der Waals surface area contributed by atoms with Crippen LogP contribution in [0.1, 0.15) is 39.8 Å². The minimum Gasteiger partial charge on any atom is -0.312 e. The highest BCUT2D eigenvalue weighted by atomic mass is 32.1. The van der Waals surface area contributed by atoms with Crippen molar-refractivity contribution in [3.05, 3.63) is 43.8 Å². The molecule has 1 aliphatic rings. The molecule has 0 saturated heterocycles. The van der Waals surface area contributed by atoms with Crippen LogP contribution in [0.2, 0.25) is 0 Å². The number of hydrogen-bond acceptors (Lipinski definition) is 3. The van der Waals surface area contributed by atoms with Gasteiger partial charge in [-0.15, -0.1) is 11.3 Å². The highest BCUT2D eigenvalue weighted by Crippen LogP contribution is 2.34. The summed E-state index contributed by atoms with van der Waals surface area (Å²) in [5.41, 5.74) is 3.07. The van der Waals surface area contributed by atoms with E-state index in [1.807, 2.05) is 11.3 Å². The topological polar surface area (TPSA) is 12.0 Å². The van der Waals surface area contributed by atoms with Gasteiger partial charge in [-0.05, 0) is 73.2 Å². The number of aryl methyl sites for hydroxylation is 2. The monoisotopic (exact) mass is 277 g/mol. The zero-order valence-electron chi connectivity index (χ0n) is 10.7. The normalized spacial score (nSPS) is 16.5. The van der Waals surface area contributed by atoms with E-state index in [2.05, 4.69) is 35.3 Å². The van der Waals surface area contributed by atoms with E-state index in [4.69, 9.17) is 0 Å². The summed E-state index contributed by atoms with van der Waals surface area (Å²) < 4.78 is 0. The summed E-state index contributed by atoms with van der Waals surface area (Å²) in [5.74, 6) is 0. The summed E-state index contributed by atoms with van der Waals surface area (Å²) in [7, 11) is 2.08. The number of rotatable bonds is 4. The minimum absolute atomic E-state index is 0.482. The SMILES string of the molecule is CNC(Cc1ccsc1)c1cc2c(s1)CCCC2. The first-order chi connectivity index (χ1) is 8.86. The molecule has 0 bridgehead atoms. The third kappa shape index (κ3) is 2.53. The average Bonchev–Trinajstić information content (AvgIpc) is 3.04. The van der Waals surface area contributed by atoms with Crippen LogP contribution in [0.3, 0.4) is 0 Å². The molecular weight excluding hydrogens is 258 g/mol. The second-order valence-corrected chi connectivity index (χ2v) is 6.93. The van der Waals surface area contributed by atoms with Crippen LogP contribution in [0.15, 0.2) is 22.9 Å². The van der Waals surface area contributed by atoms with Gasteiger partial charge in [0.2, 0.25) is 0 Å². The fraction of sp³-hybridized carbons (Fsp3) is 0.467. The van der Waals surface area contributed by atoms with Crippen LogP contribution in [-0.2, 0) is 19.3 Å². The Morgan fingerprint density at radius 1 is 1.33 bits per heavy atom. The van der Waals surface area contributed by atoms with Crippen LogP contribution >= 0.6 is 22.7 Å². The summed E-state index contributed by atoms with van der Waals surface area (Å²) >= 11 is 3.82. The number of fused-ring (bicyclic) bond motifs is 1. The molecular formula is C15H19NS2. The molecule has 3 heteroatoms. The van der Waals surface area contributed by atoms with Crippen molar-refractivity contribution in [2.75, 3.05) is 7.05 Å². The zero-order valence-corrected chi connectivity index (χ0v) is 12.4. The molecule has 0 amide bonds. The van der Waals surface area contributed by atoms with E-state index in [1.54, 1.807) is 21.8 Å². The molecule has 96 valence electrons. The van der Waals surface area contributed by atoms with Crippen molar-refractivity contribution in [1.29, 1.82) is 0 Å². The Bertz CT molecular complexity index is 475. The fourth-order valence-electron chi connectivity index (χ4n) is 2.67. The molecule has 1 N–H and O–H groups in total. The molecule has 18 heavy (non-hydrogen) atoms. The van der Waals surface area contributed by atoms with Gasteiger partial charge < -0.3 is 5.32 Å². The summed E-state index contributed by atoms with van der Waals surface area (Å²) in [6, 6.07) is 5.17. The fourth-order valence-corrected chi connectivity index (χ4v) is 4.72. The Morgan fingerprint density at radius 2 is 2.22 bits per heavy atom. The van der Waals surface area contributed by atoms with Crippen molar-refractivity contribution in [2.45, 2.75) is 38.1 Å². The maximum atomic E-state index is 3.48. The van der Waals surface area contributed by atoms with Gasteiger partial charge in [-0.1, -0.05) is 0 Å². The highest BCUT2D eigenvalue weighted by molar-refractivity contribution is 7.12. The van der Waals surface area contributed by atoms with Crippen LogP contribution < -0.4 is 5.32 Å². The van der Waals surface area contributed by atoms with E-state index in [0.717, 1.165) is 6.42 Å². The molecule has 3 rings (SSSR count). The van der Waals surface area contributed by atoms with Crippen LogP contribution in [0.5, 0.6) is 0 Å². The lowest BCUT2D eigenvalue weighted by Crippen LogP contribution is -2.17. The molecule has 1 aliphatic carbocycles. The van der Waals surface area contributed by atoms with E-state index >= 15 is 0 Å². The van der Waals surface area contributed by atoms with Gasteiger partial charge in [0.1, 0.15) is 0 Å². The quantitative estimate of drug-likeness (QED) is 0.883. The van der Waals surface area contributed by atoms with Crippen LogP contribution in [-0.4, -0.2) is 7.05 Å². The molecule has 2 heterocycles. The Balaban J connectivity index is 1.80. The van der Waals surface area contributed by atoms with Gasteiger partial charge in [0, 0.05) is 15.8 Å². The second kappa shape index (κ2) is 5.55. The third-order valence-corrected chi connectivity index (χ3v) is 5.81. The van der Waals surface area contributed by atoms with Gasteiger partial charge in [-0.25, -0.2) is 0 Å². The Hall–Kier alpha value is -0.640. The van der Waals surface area contributed by atoms with Gasteiger partial charge in [0.15, 0.2) is 0 Å². The molecule has 0 radical (unpaired) electrons. The third-order valence-electron chi connectivity index (χ3n) is 3.73. The van der Waals surface area contributed by atoms with Crippen molar-refractivity contribution < 1.29 is 0 Å². The molecule has 0 aliphatic heterocycles. The van der Waals surface area contributed by atoms with Crippen LogP contribution in [0.4, 0.5) is 0 Å². The molecule has 1 nitrogen and oxygen atoms in total. The van der Waals surface area contributed by atoms with Crippen LogP contribution in [0, 0.1) is 0 Å². The van der Waals surface area contributed by atoms with Gasteiger partial charge in [-0.2, -0.15) is 11.3 Å². The number of hydrogen-bond donors (Lipinski definition) is 1. The summed E-state index contributed by atoms with van der Waals surface area (Å²) in [5, 5.41) is 7.91. The maximum Gasteiger partial charge on any atom is 0.0453 e. The predicted octanol–water partition coefficient (Wildman–Crippen LogP) is 4.19. The lowest BCUT2D eigenvalue weighted by atomic mass is 9.98. The molecule has 1 atom stereocenters. The van der Waals surface area contributed by atoms with Crippen molar-refractivity contribution in [3.63, 3.8) is 0 Å². The van der Waals surface area contributed by atoms with Crippen molar-refractivity contribution >= 4 is 22.7 Å². The Labute approximate surface area is 117 Å². The number of thiophene rings is 2. The zero-order chi connectivity index (χ0) is 12.4. The van der Waals surface area contributed by atoms with Crippen molar-refractivity contribution in [1.82, 2.24) is 5.32 Å². The van der Waals surface area contributed by atoms with Gasteiger partial charge >= 0.3 is 0 Å². The molecule has 0 spiro atoms. The smallest absolute Gasteiger partial charge is 0.0453 e. The largest absolute Gasteiger partial charge is 0.312 e. The van der Waals surface area contributed by atoms with Crippen LogP contribution in [0.25, 0.3) is 0 Å². The van der Waals surface area contributed by atoms with Gasteiger partial charge in [0.05, 0.1) is 0 Å². The van der Waals surface area contributed by atoms with E-state index in [9.17, 15) is 0 Å². The molecule has 2 aromatic heterocycles. The Morgan fingerprint density at radius 3 is 2.94 bits per heavy atom. The molecule has 2 aromatic rings. The summed E-state index contributed by atoms with van der Waals surface area (Å²) in [4.78, 5) is 3.16. The lowest BCUT2D eigenvalue weighted by molar-refractivity contribution is 0.602. The van der Waals surface area contributed by atoms with Gasteiger partial charge in [0.25, 0.3) is 0 Å². The lowest BCUT2D eigenvalue weighted by Gasteiger charge is -2.13.